The number of carbonyl (C=O) groups is 1. The lowest BCUT2D eigenvalue weighted by atomic mass is 10.2. The van der Waals surface area contributed by atoms with Crippen LogP contribution in [0.1, 0.15) is 15.9 Å². The van der Waals surface area contributed by atoms with Crippen molar-refractivity contribution in [3.8, 4) is 17.3 Å². The van der Waals surface area contributed by atoms with Crippen LogP contribution >= 0.6 is 0 Å². The number of rotatable bonds is 6. The fourth-order valence-electron chi connectivity index (χ4n) is 2.33. The third kappa shape index (κ3) is 3.77. The summed E-state index contributed by atoms with van der Waals surface area (Å²) in [6.07, 6.45) is 6.92. The van der Waals surface area contributed by atoms with Crippen LogP contribution in [-0.2, 0) is 6.54 Å². The van der Waals surface area contributed by atoms with E-state index in [1.54, 1.807) is 44.0 Å². The quantitative estimate of drug-likeness (QED) is 0.745. The summed E-state index contributed by atoms with van der Waals surface area (Å²) in [5.74, 6) is 1.67. The van der Waals surface area contributed by atoms with Crippen LogP contribution in [-0.4, -0.2) is 34.7 Å². The zero-order valence-electron chi connectivity index (χ0n) is 14.0. The van der Waals surface area contributed by atoms with E-state index in [4.69, 9.17) is 9.47 Å². The predicted octanol–water partition coefficient (Wildman–Crippen LogP) is 2.21. The van der Waals surface area contributed by atoms with Gasteiger partial charge in [-0.1, -0.05) is 6.07 Å². The molecule has 0 atom stereocenters. The molecule has 0 aliphatic heterocycles. The second-order valence-electron chi connectivity index (χ2n) is 5.25. The van der Waals surface area contributed by atoms with Gasteiger partial charge in [0.2, 0.25) is 0 Å². The molecule has 2 heterocycles. The maximum absolute atomic E-state index is 12.3. The number of methoxy groups -OCH3 is 2. The Kier molecular flexibility index (Phi) is 4.94. The number of nitrogens with zero attached hydrogens (tertiary/aromatic N) is 3. The van der Waals surface area contributed by atoms with E-state index < -0.39 is 0 Å². The number of hydrogen-bond donors (Lipinski definition) is 1. The molecule has 0 saturated carbocycles. The van der Waals surface area contributed by atoms with Crippen molar-refractivity contribution in [2.75, 3.05) is 14.2 Å². The highest BCUT2D eigenvalue weighted by molar-refractivity contribution is 5.94. The summed E-state index contributed by atoms with van der Waals surface area (Å²) in [6.45, 7) is 0.379. The van der Waals surface area contributed by atoms with Gasteiger partial charge in [-0.2, -0.15) is 0 Å². The molecule has 7 heteroatoms. The van der Waals surface area contributed by atoms with Crippen molar-refractivity contribution in [2.24, 2.45) is 0 Å². The number of carbonyl (C=O) groups excluding carboxylic acids is 1. The number of pyridine rings is 1. The molecule has 0 radical (unpaired) electrons. The number of benzene rings is 1. The lowest BCUT2D eigenvalue weighted by Crippen LogP contribution is -2.22. The van der Waals surface area contributed by atoms with Crippen LogP contribution in [0.3, 0.4) is 0 Å². The van der Waals surface area contributed by atoms with Gasteiger partial charge in [0.15, 0.2) is 11.5 Å². The van der Waals surface area contributed by atoms with Gasteiger partial charge in [-0.05, 0) is 29.8 Å². The van der Waals surface area contributed by atoms with Crippen LogP contribution in [0.2, 0.25) is 0 Å². The molecule has 0 fully saturated rings. The molecule has 0 bridgehead atoms. The van der Waals surface area contributed by atoms with Crippen molar-refractivity contribution in [3.05, 3.63) is 66.4 Å². The number of nitrogens with one attached hydrogen (secondary N) is 1. The molecule has 2 aromatic heterocycles. The number of aromatic nitrogens is 3. The second-order valence-corrected chi connectivity index (χ2v) is 5.25. The Morgan fingerprint density at radius 3 is 2.64 bits per heavy atom. The third-order valence-electron chi connectivity index (χ3n) is 3.68. The standard InChI is InChI=1S/C18H18N4O3/c1-24-15-5-4-14(9-16(15)25-2)18(23)21-11-13-3-6-17(20-10-13)22-8-7-19-12-22/h3-10,12H,11H2,1-2H3,(H,21,23). The third-order valence-corrected chi connectivity index (χ3v) is 3.68. The van der Waals surface area contributed by atoms with Crippen LogP contribution in [0.15, 0.2) is 55.2 Å². The van der Waals surface area contributed by atoms with Gasteiger partial charge in [-0.25, -0.2) is 9.97 Å². The average molecular weight is 338 g/mol. The highest BCUT2D eigenvalue weighted by Gasteiger charge is 2.10. The van der Waals surface area contributed by atoms with Gasteiger partial charge in [0.1, 0.15) is 12.1 Å². The average Bonchev–Trinajstić information content (AvgIpc) is 3.20. The minimum Gasteiger partial charge on any atom is -0.493 e. The lowest BCUT2D eigenvalue weighted by Gasteiger charge is -2.10. The summed E-state index contributed by atoms with van der Waals surface area (Å²) in [6, 6.07) is 8.83. The first-order valence-electron chi connectivity index (χ1n) is 7.64. The Labute approximate surface area is 145 Å². The van der Waals surface area contributed by atoms with E-state index in [2.05, 4.69) is 15.3 Å². The Bertz CT molecular complexity index is 845. The molecule has 0 aliphatic rings. The van der Waals surface area contributed by atoms with E-state index in [9.17, 15) is 4.79 Å². The molecule has 0 saturated heterocycles. The Hall–Kier alpha value is -3.35. The van der Waals surface area contributed by atoms with Crippen molar-refractivity contribution in [1.29, 1.82) is 0 Å². The van der Waals surface area contributed by atoms with Crippen molar-refractivity contribution >= 4 is 5.91 Å². The van der Waals surface area contributed by atoms with Gasteiger partial charge in [0, 0.05) is 30.7 Å². The Morgan fingerprint density at radius 2 is 2.00 bits per heavy atom. The topological polar surface area (TPSA) is 78.3 Å². The number of imidazole rings is 1. The van der Waals surface area contributed by atoms with E-state index in [-0.39, 0.29) is 5.91 Å². The second kappa shape index (κ2) is 7.48. The monoisotopic (exact) mass is 338 g/mol. The van der Waals surface area contributed by atoms with Crippen LogP contribution in [0.4, 0.5) is 0 Å². The largest absolute Gasteiger partial charge is 0.493 e. The smallest absolute Gasteiger partial charge is 0.251 e. The van der Waals surface area contributed by atoms with E-state index in [0.717, 1.165) is 11.4 Å². The minimum atomic E-state index is -0.195. The highest BCUT2D eigenvalue weighted by atomic mass is 16.5. The lowest BCUT2D eigenvalue weighted by molar-refractivity contribution is 0.0950. The van der Waals surface area contributed by atoms with Crippen LogP contribution in [0.25, 0.3) is 5.82 Å². The van der Waals surface area contributed by atoms with Crippen molar-refractivity contribution in [3.63, 3.8) is 0 Å². The van der Waals surface area contributed by atoms with E-state index >= 15 is 0 Å². The highest BCUT2D eigenvalue weighted by Crippen LogP contribution is 2.27. The molecule has 7 nitrogen and oxygen atoms in total. The van der Waals surface area contributed by atoms with Gasteiger partial charge in [0.25, 0.3) is 5.91 Å². The summed E-state index contributed by atoms with van der Waals surface area (Å²) < 4.78 is 12.2. The SMILES string of the molecule is COc1ccc(C(=O)NCc2ccc(-n3ccnc3)nc2)cc1OC. The first-order chi connectivity index (χ1) is 12.2. The minimum absolute atomic E-state index is 0.195. The van der Waals surface area contributed by atoms with Crippen LogP contribution in [0.5, 0.6) is 11.5 Å². The normalized spacial score (nSPS) is 10.3. The van der Waals surface area contributed by atoms with E-state index in [1.807, 2.05) is 22.9 Å². The maximum atomic E-state index is 12.3. The molecule has 1 aromatic carbocycles. The summed E-state index contributed by atoms with van der Waals surface area (Å²) in [7, 11) is 3.09. The molecule has 1 amide bonds. The zero-order valence-corrected chi connectivity index (χ0v) is 14.0. The maximum Gasteiger partial charge on any atom is 0.251 e. The molecule has 0 spiro atoms. The van der Waals surface area contributed by atoms with Crippen LogP contribution in [0, 0.1) is 0 Å². The number of ether oxygens (including phenoxy) is 2. The van der Waals surface area contributed by atoms with Gasteiger partial charge in [-0.15, -0.1) is 0 Å². The molecule has 3 aromatic rings. The number of amides is 1. The first-order valence-corrected chi connectivity index (χ1v) is 7.64. The summed E-state index contributed by atoms with van der Waals surface area (Å²) >= 11 is 0. The first kappa shape index (κ1) is 16.5. The fraction of sp³-hybridized carbons (Fsp3) is 0.167. The van der Waals surface area contributed by atoms with Crippen molar-refractivity contribution in [1.82, 2.24) is 19.9 Å². The van der Waals surface area contributed by atoms with Gasteiger partial charge < -0.3 is 14.8 Å². The number of hydrogen-bond acceptors (Lipinski definition) is 5. The molecule has 0 unspecified atom stereocenters. The van der Waals surface area contributed by atoms with Gasteiger partial charge in [0.05, 0.1) is 14.2 Å². The van der Waals surface area contributed by atoms with Gasteiger partial charge in [-0.3, -0.25) is 9.36 Å². The Morgan fingerprint density at radius 1 is 1.16 bits per heavy atom. The summed E-state index contributed by atoms with van der Waals surface area (Å²) in [5.41, 5.74) is 1.40. The van der Waals surface area contributed by atoms with E-state index in [0.29, 0.717) is 23.6 Å². The predicted molar refractivity (Wildman–Crippen MR) is 92.1 cm³/mol. The Balaban J connectivity index is 1.64. The van der Waals surface area contributed by atoms with Gasteiger partial charge >= 0.3 is 0 Å². The van der Waals surface area contributed by atoms with E-state index in [1.165, 1.54) is 7.11 Å². The zero-order chi connectivity index (χ0) is 17.6. The van der Waals surface area contributed by atoms with Crippen molar-refractivity contribution < 1.29 is 14.3 Å². The molecule has 3 rings (SSSR count). The summed E-state index contributed by atoms with van der Waals surface area (Å²) in [5, 5.41) is 2.86. The molecule has 0 aliphatic carbocycles. The fourth-order valence-corrected chi connectivity index (χ4v) is 2.33. The van der Waals surface area contributed by atoms with Crippen LogP contribution < -0.4 is 14.8 Å². The molecule has 128 valence electrons. The van der Waals surface area contributed by atoms with Crippen molar-refractivity contribution in [2.45, 2.75) is 6.54 Å². The molecule has 25 heavy (non-hydrogen) atoms. The molecular weight excluding hydrogens is 320 g/mol. The molecular formula is C18H18N4O3. The molecule has 1 N–H and O–H groups in total. The summed E-state index contributed by atoms with van der Waals surface area (Å²) in [4.78, 5) is 20.6.